The Balaban J connectivity index is 1.59. The minimum absolute atomic E-state index is 0.356. The zero-order chi connectivity index (χ0) is 21.0. The van der Waals surface area contributed by atoms with E-state index in [0.29, 0.717) is 23.6 Å². The van der Waals surface area contributed by atoms with Gasteiger partial charge in [0.15, 0.2) is 0 Å². The van der Waals surface area contributed by atoms with E-state index in [0.717, 1.165) is 16.2 Å². The third kappa shape index (κ3) is 4.86. The smallest absolute Gasteiger partial charge is 0.325 e. The SMILES string of the molecule is COc1ccc(CC[C@]2(C)NC(=O)N(CC(=O)Nc3ccc(Cl)cc3)C2=O)cc1. The molecule has 0 spiro atoms. The number of urea groups is 1. The van der Waals surface area contributed by atoms with Gasteiger partial charge in [-0.3, -0.25) is 14.5 Å². The number of halogens is 1. The first kappa shape index (κ1) is 20.7. The second-order valence-corrected chi connectivity index (χ2v) is 7.49. The largest absolute Gasteiger partial charge is 0.497 e. The topological polar surface area (TPSA) is 87.7 Å². The number of ether oxygens (including phenoxy) is 1. The molecule has 2 aromatic carbocycles. The standard InChI is InChI=1S/C21H22ClN3O4/c1-21(12-11-14-3-9-17(29-2)10-4-14)19(27)25(20(28)24-21)13-18(26)23-16-7-5-15(22)6-8-16/h3-10H,11-13H2,1-2H3,(H,23,26)(H,24,28)/t21-/m0/s1. The lowest BCUT2D eigenvalue weighted by Gasteiger charge is -2.21. The molecule has 29 heavy (non-hydrogen) atoms. The van der Waals surface area contributed by atoms with E-state index in [1.54, 1.807) is 38.3 Å². The molecule has 0 bridgehead atoms. The molecule has 0 aliphatic carbocycles. The van der Waals surface area contributed by atoms with Crippen molar-refractivity contribution in [1.29, 1.82) is 0 Å². The number of rotatable bonds is 7. The van der Waals surface area contributed by atoms with E-state index in [4.69, 9.17) is 16.3 Å². The highest BCUT2D eigenvalue weighted by Gasteiger charge is 2.47. The molecule has 1 heterocycles. The first-order valence-corrected chi connectivity index (χ1v) is 9.51. The molecule has 1 atom stereocenters. The summed E-state index contributed by atoms with van der Waals surface area (Å²) in [6.45, 7) is 1.32. The summed E-state index contributed by atoms with van der Waals surface area (Å²) in [5, 5.41) is 5.91. The van der Waals surface area contributed by atoms with E-state index in [1.165, 1.54) is 0 Å². The highest BCUT2D eigenvalue weighted by atomic mass is 35.5. The van der Waals surface area contributed by atoms with Crippen molar-refractivity contribution in [3.8, 4) is 5.75 Å². The summed E-state index contributed by atoms with van der Waals surface area (Å²) in [6, 6.07) is 13.5. The van der Waals surface area contributed by atoms with Gasteiger partial charge in [-0.2, -0.15) is 0 Å². The van der Waals surface area contributed by atoms with Gasteiger partial charge >= 0.3 is 6.03 Å². The quantitative estimate of drug-likeness (QED) is 0.679. The van der Waals surface area contributed by atoms with Crippen LogP contribution in [0.3, 0.4) is 0 Å². The molecule has 152 valence electrons. The van der Waals surface area contributed by atoms with Crippen molar-refractivity contribution in [3.05, 3.63) is 59.1 Å². The number of benzene rings is 2. The summed E-state index contributed by atoms with van der Waals surface area (Å²) in [6.07, 6.45) is 1.01. The third-order valence-electron chi connectivity index (χ3n) is 4.85. The predicted octanol–water partition coefficient (Wildman–Crippen LogP) is 3.23. The van der Waals surface area contributed by atoms with Gasteiger partial charge in [-0.15, -0.1) is 0 Å². The predicted molar refractivity (Wildman–Crippen MR) is 110 cm³/mol. The zero-order valence-corrected chi connectivity index (χ0v) is 17.0. The fraction of sp³-hybridized carbons (Fsp3) is 0.286. The molecule has 1 saturated heterocycles. The summed E-state index contributed by atoms with van der Waals surface area (Å²) in [5.41, 5.74) is 0.499. The van der Waals surface area contributed by atoms with Crippen molar-refractivity contribution >= 4 is 35.1 Å². The Morgan fingerprint density at radius 1 is 1.14 bits per heavy atom. The molecule has 8 heteroatoms. The van der Waals surface area contributed by atoms with Crippen molar-refractivity contribution in [2.24, 2.45) is 0 Å². The van der Waals surface area contributed by atoms with Crippen LogP contribution in [0.2, 0.25) is 5.02 Å². The monoisotopic (exact) mass is 415 g/mol. The van der Waals surface area contributed by atoms with Crippen LogP contribution < -0.4 is 15.4 Å². The minimum atomic E-state index is -1.06. The van der Waals surface area contributed by atoms with Crippen molar-refractivity contribution < 1.29 is 19.1 Å². The molecule has 7 nitrogen and oxygen atoms in total. The van der Waals surface area contributed by atoms with Gasteiger partial charge in [0.05, 0.1) is 7.11 Å². The number of hydrogen-bond acceptors (Lipinski definition) is 4. The van der Waals surface area contributed by atoms with Crippen molar-refractivity contribution in [1.82, 2.24) is 10.2 Å². The first-order chi connectivity index (χ1) is 13.8. The van der Waals surface area contributed by atoms with Gasteiger partial charge in [-0.1, -0.05) is 23.7 Å². The first-order valence-electron chi connectivity index (χ1n) is 9.13. The van der Waals surface area contributed by atoms with E-state index in [2.05, 4.69) is 10.6 Å². The van der Waals surface area contributed by atoms with Gasteiger partial charge in [-0.25, -0.2) is 4.79 Å². The number of carbonyl (C=O) groups excluding carboxylic acids is 3. The van der Waals surface area contributed by atoms with E-state index in [9.17, 15) is 14.4 Å². The Kier molecular flexibility index (Phi) is 6.08. The Morgan fingerprint density at radius 3 is 2.41 bits per heavy atom. The Morgan fingerprint density at radius 2 is 1.79 bits per heavy atom. The molecule has 0 radical (unpaired) electrons. The van der Waals surface area contributed by atoms with E-state index in [-0.39, 0.29) is 6.54 Å². The fourth-order valence-electron chi connectivity index (χ4n) is 3.12. The van der Waals surface area contributed by atoms with Gasteiger partial charge in [0.1, 0.15) is 17.8 Å². The molecule has 0 unspecified atom stereocenters. The highest BCUT2D eigenvalue weighted by molar-refractivity contribution is 6.30. The lowest BCUT2D eigenvalue weighted by molar-refractivity contribution is -0.133. The Bertz CT molecular complexity index is 915. The number of aryl methyl sites for hydroxylation is 1. The van der Waals surface area contributed by atoms with Crippen LogP contribution in [0.1, 0.15) is 18.9 Å². The minimum Gasteiger partial charge on any atom is -0.497 e. The molecule has 2 N–H and O–H groups in total. The van der Waals surface area contributed by atoms with E-state index < -0.39 is 23.4 Å². The molecule has 1 aliphatic rings. The number of nitrogens with zero attached hydrogens (tertiary/aromatic N) is 1. The average Bonchev–Trinajstić information content (AvgIpc) is 2.92. The molecular formula is C21H22ClN3O4. The maximum absolute atomic E-state index is 12.8. The van der Waals surface area contributed by atoms with Gasteiger partial charge < -0.3 is 15.4 Å². The summed E-state index contributed by atoms with van der Waals surface area (Å²) < 4.78 is 5.14. The van der Waals surface area contributed by atoms with E-state index in [1.807, 2.05) is 24.3 Å². The molecule has 0 aromatic heterocycles. The molecule has 1 aliphatic heterocycles. The molecule has 4 amide bonds. The average molecular weight is 416 g/mol. The van der Waals surface area contributed by atoms with Crippen LogP contribution in [0.25, 0.3) is 0 Å². The highest BCUT2D eigenvalue weighted by Crippen LogP contribution is 2.24. The number of amides is 4. The van der Waals surface area contributed by atoms with Gasteiger partial charge in [0.25, 0.3) is 5.91 Å². The number of imide groups is 1. The van der Waals surface area contributed by atoms with Gasteiger partial charge in [-0.05, 0) is 61.7 Å². The number of hydrogen-bond donors (Lipinski definition) is 2. The van der Waals surface area contributed by atoms with Crippen LogP contribution in [-0.4, -0.2) is 41.9 Å². The van der Waals surface area contributed by atoms with Crippen LogP contribution in [-0.2, 0) is 16.0 Å². The van der Waals surface area contributed by atoms with Crippen LogP contribution >= 0.6 is 11.6 Å². The second-order valence-electron chi connectivity index (χ2n) is 7.06. The maximum Gasteiger partial charge on any atom is 0.325 e. The molecule has 1 fully saturated rings. The Labute approximate surface area is 174 Å². The van der Waals surface area contributed by atoms with Crippen molar-refractivity contribution in [2.75, 3.05) is 19.0 Å². The fourth-order valence-corrected chi connectivity index (χ4v) is 3.25. The summed E-state index contributed by atoms with van der Waals surface area (Å²) in [5.74, 6) is -0.124. The molecule has 3 rings (SSSR count). The van der Waals surface area contributed by atoms with Gasteiger partial charge in [0.2, 0.25) is 5.91 Å². The number of carbonyl (C=O) groups is 3. The van der Waals surface area contributed by atoms with Crippen LogP contribution in [0.5, 0.6) is 5.75 Å². The second kappa shape index (κ2) is 8.53. The zero-order valence-electron chi connectivity index (χ0n) is 16.2. The van der Waals surface area contributed by atoms with Crippen molar-refractivity contribution in [2.45, 2.75) is 25.3 Å². The van der Waals surface area contributed by atoms with Crippen LogP contribution in [0, 0.1) is 0 Å². The molecule has 2 aromatic rings. The van der Waals surface area contributed by atoms with Crippen LogP contribution in [0.4, 0.5) is 10.5 Å². The molecular weight excluding hydrogens is 394 g/mol. The lowest BCUT2D eigenvalue weighted by Crippen LogP contribution is -2.45. The third-order valence-corrected chi connectivity index (χ3v) is 5.10. The number of methoxy groups -OCH3 is 1. The summed E-state index contributed by atoms with van der Waals surface area (Å²) >= 11 is 5.82. The van der Waals surface area contributed by atoms with Gasteiger partial charge in [0, 0.05) is 10.7 Å². The Hall–Kier alpha value is -3.06. The van der Waals surface area contributed by atoms with E-state index >= 15 is 0 Å². The number of anilines is 1. The maximum atomic E-state index is 12.8. The normalized spacial score (nSPS) is 18.5. The van der Waals surface area contributed by atoms with Crippen LogP contribution in [0.15, 0.2) is 48.5 Å². The molecule has 0 saturated carbocycles. The lowest BCUT2D eigenvalue weighted by atomic mass is 9.93. The summed E-state index contributed by atoms with van der Waals surface area (Å²) in [4.78, 5) is 38.3. The van der Waals surface area contributed by atoms with Crippen molar-refractivity contribution in [3.63, 3.8) is 0 Å². The summed E-state index contributed by atoms with van der Waals surface area (Å²) in [7, 11) is 1.60. The number of nitrogens with one attached hydrogen (secondary N) is 2.